The fraction of sp³-hybridized carbons (Fsp3) is 0.636. The van der Waals surface area contributed by atoms with Crippen LogP contribution >= 0.6 is 11.3 Å². The third-order valence-electron chi connectivity index (χ3n) is 2.60. The Balaban J connectivity index is 2.51. The number of carbonyl (C=O) groups excluding carboxylic acids is 1. The Morgan fingerprint density at radius 3 is 2.81 bits per heavy atom. The molecule has 0 spiro atoms. The van der Waals surface area contributed by atoms with E-state index >= 15 is 0 Å². The van der Waals surface area contributed by atoms with Crippen molar-refractivity contribution in [1.29, 1.82) is 0 Å². The number of hydrogen-bond acceptors (Lipinski definition) is 4. The highest BCUT2D eigenvalue weighted by atomic mass is 32.1. The first-order chi connectivity index (χ1) is 7.56. The number of amides is 1. The fourth-order valence-corrected chi connectivity index (χ4v) is 2.09. The van der Waals surface area contributed by atoms with Crippen molar-refractivity contribution < 1.29 is 4.79 Å². The Morgan fingerprint density at radius 1 is 1.62 bits per heavy atom. The predicted octanol–water partition coefficient (Wildman–Crippen LogP) is 1.66. The number of aromatic nitrogens is 1. The second kappa shape index (κ2) is 5.96. The standard InChI is InChI=1S/C11H19N3OS/c1-5-14(4)11(15)9(3)13-8(2)10-6-12-7-16-10/h6-9,13H,5H2,1-4H3. The van der Waals surface area contributed by atoms with Crippen molar-refractivity contribution in [3.05, 3.63) is 16.6 Å². The van der Waals surface area contributed by atoms with E-state index in [9.17, 15) is 4.79 Å². The number of carbonyl (C=O) groups is 1. The Hall–Kier alpha value is -0.940. The van der Waals surface area contributed by atoms with E-state index in [-0.39, 0.29) is 18.0 Å². The van der Waals surface area contributed by atoms with Crippen LogP contribution in [0.2, 0.25) is 0 Å². The third-order valence-corrected chi connectivity index (χ3v) is 3.56. The molecular weight excluding hydrogens is 222 g/mol. The zero-order valence-electron chi connectivity index (χ0n) is 10.2. The van der Waals surface area contributed by atoms with Gasteiger partial charge in [0.15, 0.2) is 0 Å². The maximum Gasteiger partial charge on any atom is 0.239 e. The molecular formula is C11H19N3OS. The first-order valence-corrected chi connectivity index (χ1v) is 6.33. The van der Waals surface area contributed by atoms with Crippen molar-refractivity contribution in [2.24, 2.45) is 0 Å². The van der Waals surface area contributed by atoms with Gasteiger partial charge in [-0.05, 0) is 20.8 Å². The average molecular weight is 241 g/mol. The van der Waals surface area contributed by atoms with Crippen molar-refractivity contribution in [3.63, 3.8) is 0 Å². The lowest BCUT2D eigenvalue weighted by molar-refractivity contribution is -0.131. The minimum atomic E-state index is -0.165. The molecule has 0 aliphatic heterocycles. The number of nitrogens with one attached hydrogen (secondary N) is 1. The summed E-state index contributed by atoms with van der Waals surface area (Å²) in [5.41, 5.74) is 1.80. The van der Waals surface area contributed by atoms with Crippen LogP contribution < -0.4 is 5.32 Å². The van der Waals surface area contributed by atoms with Gasteiger partial charge in [-0.2, -0.15) is 0 Å². The summed E-state index contributed by atoms with van der Waals surface area (Å²) in [6.45, 7) is 6.65. The van der Waals surface area contributed by atoms with E-state index in [0.717, 1.165) is 11.4 Å². The van der Waals surface area contributed by atoms with Gasteiger partial charge in [-0.3, -0.25) is 15.1 Å². The molecule has 0 saturated heterocycles. The Kier molecular flexibility index (Phi) is 4.89. The summed E-state index contributed by atoms with van der Waals surface area (Å²) in [5.74, 6) is 0.124. The average Bonchev–Trinajstić information content (AvgIpc) is 2.80. The highest BCUT2D eigenvalue weighted by Gasteiger charge is 2.19. The Bertz CT molecular complexity index is 326. The van der Waals surface area contributed by atoms with Gasteiger partial charge in [0.05, 0.1) is 11.6 Å². The maximum atomic E-state index is 11.8. The molecule has 0 bridgehead atoms. The van der Waals surface area contributed by atoms with E-state index in [1.807, 2.05) is 34.0 Å². The summed E-state index contributed by atoms with van der Waals surface area (Å²) in [7, 11) is 1.82. The van der Waals surface area contributed by atoms with Crippen LogP contribution in [0.3, 0.4) is 0 Å². The lowest BCUT2D eigenvalue weighted by Gasteiger charge is -2.23. The quantitative estimate of drug-likeness (QED) is 0.852. The van der Waals surface area contributed by atoms with Gasteiger partial charge >= 0.3 is 0 Å². The van der Waals surface area contributed by atoms with E-state index in [4.69, 9.17) is 0 Å². The molecule has 2 unspecified atom stereocenters. The fourth-order valence-electron chi connectivity index (χ4n) is 1.45. The van der Waals surface area contributed by atoms with E-state index in [1.165, 1.54) is 0 Å². The van der Waals surface area contributed by atoms with E-state index in [2.05, 4.69) is 10.3 Å². The lowest BCUT2D eigenvalue weighted by atomic mass is 10.2. The Labute approximate surface area is 101 Å². The second-order valence-electron chi connectivity index (χ2n) is 3.87. The van der Waals surface area contributed by atoms with Crippen molar-refractivity contribution in [1.82, 2.24) is 15.2 Å². The van der Waals surface area contributed by atoms with Crippen molar-refractivity contribution in [2.75, 3.05) is 13.6 Å². The molecule has 1 amide bonds. The van der Waals surface area contributed by atoms with E-state index in [1.54, 1.807) is 21.7 Å². The molecule has 0 radical (unpaired) electrons. The molecule has 1 aromatic rings. The molecule has 0 aliphatic rings. The number of nitrogens with zero attached hydrogens (tertiary/aromatic N) is 2. The van der Waals surface area contributed by atoms with Gasteiger partial charge < -0.3 is 4.90 Å². The zero-order valence-corrected chi connectivity index (χ0v) is 11.0. The monoisotopic (exact) mass is 241 g/mol. The smallest absolute Gasteiger partial charge is 0.239 e. The summed E-state index contributed by atoms with van der Waals surface area (Å²) < 4.78 is 0. The summed E-state index contributed by atoms with van der Waals surface area (Å²) >= 11 is 1.60. The minimum absolute atomic E-state index is 0.124. The molecule has 0 aliphatic carbocycles. The largest absolute Gasteiger partial charge is 0.345 e. The summed E-state index contributed by atoms with van der Waals surface area (Å²) in [4.78, 5) is 18.7. The summed E-state index contributed by atoms with van der Waals surface area (Å²) in [6, 6.07) is -0.00115. The van der Waals surface area contributed by atoms with Crippen LogP contribution in [0.4, 0.5) is 0 Å². The molecule has 90 valence electrons. The van der Waals surface area contributed by atoms with Crippen LogP contribution in [0, 0.1) is 0 Å². The normalized spacial score (nSPS) is 14.5. The topological polar surface area (TPSA) is 45.2 Å². The van der Waals surface area contributed by atoms with Crippen LogP contribution in [0.5, 0.6) is 0 Å². The molecule has 1 heterocycles. The second-order valence-corrected chi connectivity index (χ2v) is 4.78. The molecule has 0 fully saturated rings. The van der Waals surface area contributed by atoms with Crippen molar-refractivity contribution in [3.8, 4) is 0 Å². The van der Waals surface area contributed by atoms with Crippen LogP contribution in [0.25, 0.3) is 0 Å². The molecule has 0 aromatic carbocycles. The summed E-state index contributed by atoms with van der Waals surface area (Å²) in [6.07, 6.45) is 1.84. The van der Waals surface area contributed by atoms with Crippen LogP contribution in [-0.4, -0.2) is 35.4 Å². The van der Waals surface area contributed by atoms with Gasteiger partial charge in [0, 0.05) is 30.7 Å². The summed E-state index contributed by atoms with van der Waals surface area (Å²) in [5, 5.41) is 3.28. The molecule has 0 saturated carbocycles. The number of rotatable bonds is 5. The van der Waals surface area contributed by atoms with Crippen LogP contribution in [0.15, 0.2) is 11.7 Å². The van der Waals surface area contributed by atoms with Gasteiger partial charge in [0.25, 0.3) is 0 Å². The van der Waals surface area contributed by atoms with Gasteiger partial charge in [-0.1, -0.05) is 0 Å². The van der Waals surface area contributed by atoms with Gasteiger partial charge in [0.1, 0.15) is 0 Å². The first-order valence-electron chi connectivity index (χ1n) is 5.45. The zero-order chi connectivity index (χ0) is 12.1. The number of hydrogen-bond donors (Lipinski definition) is 1. The van der Waals surface area contributed by atoms with Gasteiger partial charge in [0.2, 0.25) is 5.91 Å². The highest BCUT2D eigenvalue weighted by molar-refractivity contribution is 7.09. The lowest BCUT2D eigenvalue weighted by Crippen LogP contribution is -2.43. The van der Waals surface area contributed by atoms with E-state index in [0.29, 0.717) is 0 Å². The number of thiazole rings is 1. The third kappa shape index (κ3) is 3.28. The molecule has 2 atom stereocenters. The van der Waals surface area contributed by atoms with Gasteiger partial charge in [-0.15, -0.1) is 11.3 Å². The van der Waals surface area contributed by atoms with Crippen molar-refractivity contribution >= 4 is 17.2 Å². The molecule has 1 rings (SSSR count). The SMILES string of the molecule is CCN(C)C(=O)C(C)NC(C)c1cncs1. The molecule has 1 aromatic heterocycles. The van der Waals surface area contributed by atoms with E-state index < -0.39 is 0 Å². The Morgan fingerprint density at radius 2 is 2.31 bits per heavy atom. The van der Waals surface area contributed by atoms with Crippen LogP contribution in [-0.2, 0) is 4.79 Å². The molecule has 1 N–H and O–H groups in total. The highest BCUT2D eigenvalue weighted by Crippen LogP contribution is 2.16. The number of likely N-dealkylation sites (N-methyl/N-ethyl adjacent to an activating group) is 1. The van der Waals surface area contributed by atoms with Gasteiger partial charge in [-0.25, -0.2) is 0 Å². The maximum absolute atomic E-state index is 11.8. The minimum Gasteiger partial charge on any atom is -0.345 e. The molecule has 16 heavy (non-hydrogen) atoms. The molecule has 4 nitrogen and oxygen atoms in total. The van der Waals surface area contributed by atoms with Crippen LogP contribution in [0.1, 0.15) is 31.7 Å². The van der Waals surface area contributed by atoms with Crippen molar-refractivity contribution in [2.45, 2.75) is 32.9 Å². The predicted molar refractivity (Wildman–Crippen MR) is 66.4 cm³/mol. The molecule has 5 heteroatoms. The first kappa shape index (κ1) is 13.1.